The summed E-state index contributed by atoms with van der Waals surface area (Å²) in [5.74, 6) is -7.53. The number of aliphatic hydroxyl groups excluding tert-OH is 1. The Balaban J connectivity index is 5.57. The third kappa shape index (κ3) is 12.2. The number of amides is 4. The largest absolute Gasteiger partial charge is 0.481 e. The molecule has 0 aliphatic heterocycles. The van der Waals surface area contributed by atoms with Gasteiger partial charge < -0.3 is 54.2 Å². The predicted octanol–water partition coefficient (Wildman–Crippen LogP) is -5.75. The molecular formula is C17H30N8O9. The quantitative estimate of drug-likeness (QED) is 0.0549. The van der Waals surface area contributed by atoms with Crippen molar-refractivity contribution in [3.63, 3.8) is 0 Å². The summed E-state index contributed by atoms with van der Waals surface area (Å²) in [6.45, 7) is -0.658. The van der Waals surface area contributed by atoms with E-state index in [4.69, 9.17) is 38.3 Å². The predicted molar refractivity (Wildman–Crippen MR) is 114 cm³/mol. The molecule has 17 nitrogen and oxygen atoms in total. The highest BCUT2D eigenvalue weighted by Gasteiger charge is 2.32. The minimum absolute atomic E-state index is 0.0699. The number of aliphatic imine (C=N–C) groups is 1. The molecule has 4 unspecified atom stereocenters. The van der Waals surface area contributed by atoms with Gasteiger partial charge in [0.15, 0.2) is 5.96 Å². The molecular weight excluding hydrogens is 460 g/mol. The van der Waals surface area contributed by atoms with Crippen LogP contribution in [0.4, 0.5) is 0 Å². The zero-order valence-electron chi connectivity index (χ0n) is 18.1. The van der Waals surface area contributed by atoms with Gasteiger partial charge in [-0.3, -0.25) is 29.0 Å². The SMILES string of the molecule is NC(=O)CC(NC(=O)C(CC(=O)O)NC(=O)C(CCCN=C(N)N)NC(=O)C(N)CO)C(=O)O. The fourth-order valence-corrected chi connectivity index (χ4v) is 2.46. The molecule has 192 valence electrons. The molecule has 0 bridgehead atoms. The first kappa shape index (κ1) is 30.0. The number of primary amides is 1. The molecule has 0 rings (SSSR count). The van der Waals surface area contributed by atoms with Crippen molar-refractivity contribution in [2.75, 3.05) is 13.2 Å². The van der Waals surface area contributed by atoms with Crippen molar-refractivity contribution in [2.45, 2.75) is 49.9 Å². The second-order valence-corrected chi connectivity index (χ2v) is 7.03. The van der Waals surface area contributed by atoms with Crippen molar-refractivity contribution in [1.82, 2.24) is 16.0 Å². The van der Waals surface area contributed by atoms with Crippen molar-refractivity contribution in [3.05, 3.63) is 0 Å². The minimum Gasteiger partial charge on any atom is -0.481 e. The van der Waals surface area contributed by atoms with Crippen LogP contribution in [0.2, 0.25) is 0 Å². The van der Waals surface area contributed by atoms with Gasteiger partial charge in [0.05, 0.1) is 19.4 Å². The summed E-state index contributed by atoms with van der Waals surface area (Å²) >= 11 is 0. The average molecular weight is 490 g/mol. The maximum Gasteiger partial charge on any atom is 0.326 e. The van der Waals surface area contributed by atoms with Gasteiger partial charge in [-0.05, 0) is 12.8 Å². The second kappa shape index (κ2) is 15.0. The van der Waals surface area contributed by atoms with Crippen LogP contribution in [0.3, 0.4) is 0 Å². The Kier molecular flexibility index (Phi) is 13.2. The van der Waals surface area contributed by atoms with Gasteiger partial charge in [0.25, 0.3) is 0 Å². The molecule has 0 aromatic heterocycles. The van der Waals surface area contributed by atoms with Crippen LogP contribution in [0, 0.1) is 0 Å². The molecule has 0 radical (unpaired) electrons. The Morgan fingerprint density at radius 3 is 1.79 bits per heavy atom. The maximum atomic E-state index is 12.7. The van der Waals surface area contributed by atoms with Crippen molar-refractivity contribution < 1.29 is 44.1 Å². The molecule has 0 spiro atoms. The number of hydrogen-bond donors (Lipinski definition) is 10. The molecule has 0 fully saturated rings. The summed E-state index contributed by atoms with van der Waals surface area (Å²) in [5.41, 5.74) is 20.8. The molecule has 0 aromatic rings. The molecule has 0 aliphatic rings. The molecule has 0 heterocycles. The number of carbonyl (C=O) groups is 6. The Bertz CT molecular complexity index is 800. The standard InChI is InChI=1S/C17H30N8O9/c18-7(6-26)13(30)23-8(2-1-3-22-17(20)21)14(31)24-9(5-12(28)29)15(32)25-10(16(33)34)4-11(19)27/h7-10,26H,1-6,18H2,(H2,19,27)(H,23,30)(H,24,31)(H,25,32)(H,28,29)(H,33,34)(H4,20,21,22). The van der Waals surface area contributed by atoms with E-state index < -0.39 is 79.2 Å². The molecule has 4 amide bonds. The van der Waals surface area contributed by atoms with Crippen LogP contribution in [0.1, 0.15) is 25.7 Å². The zero-order valence-corrected chi connectivity index (χ0v) is 18.1. The van der Waals surface area contributed by atoms with E-state index in [1.165, 1.54) is 0 Å². The Morgan fingerprint density at radius 2 is 1.32 bits per heavy atom. The normalized spacial score (nSPS) is 13.9. The van der Waals surface area contributed by atoms with E-state index in [0.717, 1.165) is 0 Å². The Labute approximate surface area is 193 Å². The van der Waals surface area contributed by atoms with E-state index in [0.29, 0.717) is 0 Å². The number of nitrogens with zero attached hydrogens (tertiary/aromatic N) is 1. The molecule has 0 saturated heterocycles. The third-order valence-electron chi connectivity index (χ3n) is 4.14. The molecule has 0 aromatic carbocycles. The Morgan fingerprint density at radius 1 is 0.794 bits per heavy atom. The van der Waals surface area contributed by atoms with Crippen molar-refractivity contribution in [1.29, 1.82) is 0 Å². The average Bonchev–Trinajstić information content (AvgIpc) is 2.72. The molecule has 17 heteroatoms. The van der Waals surface area contributed by atoms with Gasteiger partial charge in [0.2, 0.25) is 23.6 Å². The zero-order chi connectivity index (χ0) is 26.4. The number of rotatable bonds is 16. The molecule has 0 aliphatic carbocycles. The van der Waals surface area contributed by atoms with Gasteiger partial charge in [-0.1, -0.05) is 0 Å². The van der Waals surface area contributed by atoms with Gasteiger partial charge in [-0.25, -0.2) is 4.79 Å². The first-order valence-corrected chi connectivity index (χ1v) is 9.84. The number of carboxylic acid groups (broad SMARTS) is 2. The van der Waals surface area contributed by atoms with E-state index in [1.54, 1.807) is 0 Å². The smallest absolute Gasteiger partial charge is 0.326 e. The first-order valence-electron chi connectivity index (χ1n) is 9.84. The van der Waals surface area contributed by atoms with E-state index >= 15 is 0 Å². The lowest BCUT2D eigenvalue weighted by Gasteiger charge is -2.24. The van der Waals surface area contributed by atoms with Crippen molar-refractivity contribution >= 4 is 41.5 Å². The van der Waals surface area contributed by atoms with Crippen LogP contribution in [-0.4, -0.2) is 94.2 Å². The molecule has 34 heavy (non-hydrogen) atoms. The number of carbonyl (C=O) groups excluding carboxylic acids is 4. The molecule has 14 N–H and O–H groups in total. The minimum atomic E-state index is -1.77. The van der Waals surface area contributed by atoms with Crippen molar-refractivity contribution in [2.24, 2.45) is 27.9 Å². The summed E-state index contributed by atoms with van der Waals surface area (Å²) in [6, 6.07) is -6.25. The highest BCUT2D eigenvalue weighted by molar-refractivity contribution is 5.96. The van der Waals surface area contributed by atoms with Crippen LogP contribution in [0.5, 0.6) is 0 Å². The van der Waals surface area contributed by atoms with Crippen molar-refractivity contribution in [3.8, 4) is 0 Å². The number of nitrogens with two attached hydrogens (primary N) is 4. The summed E-state index contributed by atoms with van der Waals surface area (Å²) < 4.78 is 0. The van der Waals surface area contributed by atoms with Gasteiger partial charge in [-0.2, -0.15) is 0 Å². The highest BCUT2D eigenvalue weighted by Crippen LogP contribution is 2.03. The van der Waals surface area contributed by atoms with Gasteiger partial charge >= 0.3 is 11.9 Å². The number of aliphatic hydroxyl groups is 1. The molecule has 4 atom stereocenters. The number of aliphatic carboxylic acids is 2. The van der Waals surface area contributed by atoms with Crippen LogP contribution >= 0.6 is 0 Å². The first-order chi connectivity index (χ1) is 15.8. The summed E-state index contributed by atoms with van der Waals surface area (Å²) in [5, 5.41) is 33.5. The number of hydrogen-bond acceptors (Lipinski definition) is 9. The molecule has 0 saturated carbocycles. The Hall–Kier alpha value is -3.99. The second-order valence-electron chi connectivity index (χ2n) is 7.03. The maximum absolute atomic E-state index is 12.7. The van der Waals surface area contributed by atoms with Gasteiger partial charge in [0, 0.05) is 6.54 Å². The van der Waals surface area contributed by atoms with E-state index in [-0.39, 0.29) is 25.3 Å². The number of guanidine groups is 1. The van der Waals surface area contributed by atoms with Crippen LogP contribution in [0.15, 0.2) is 4.99 Å². The van der Waals surface area contributed by atoms with Crippen LogP contribution in [-0.2, 0) is 28.8 Å². The third-order valence-corrected chi connectivity index (χ3v) is 4.14. The lowest BCUT2D eigenvalue weighted by atomic mass is 10.1. The fraction of sp³-hybridized carbons (Fsp3) is 0.588. The summed E-state index contributed by atoms with van der Waals surface area (Å²) in [4.78, 5) is 74.3. The lowest BCUT2D eigenvalue weighted by molar-refractivity contribution is -0.144. The van der Waals surface area contributed by atoms with E-state index in [2.05, 4.69) is 15.6 Å². The number of carboxylic acids is 2. The number of nitrogens with one attached hydrogen (secondary N) is 3. The van der Waals surface area contributed by atoms with E-state index in [1.807, 2.05) is 5.32 Å². The fourth-order valence-electron chi connectivity index (χ4n) is 2.46. The van der Waals surface area contributed by atoms with Gasteiger partial charge in [0.1, 0.15) is 24.2 Å². The topological polar surface area (TPSA) is 316 Å². The lowest BCUT2D eigenvalue weighted by Crippen LogP contribution is -2.58. The monoisotopic (exact) mass is 490 g/mol. The highest BCUT2D eigenvalue weighted by atomic mass is 16.4. The van der Waals surface area contributed by atoms with Crippen LogP contribution in [0.25, 0.3) is 0 Å². The van der Waals surface area contributed by atoms with E-state index in [9.17, 15) is 28.8 Å². The van der Waals surface area contributed by atoms with Crippen LogP contribution < -0.4 is 38.9 Å². The summed E-state index contributed by atoms with van der Waals surface area (Å²) in [6.07, 6.45) is -1.64. The van der Waals surface area contributed by atoms with Gasteiger partial charge in [-0.15, -0.1) is 0 Å². The summed E-state index contributed by atoms with van der Waals surface area (Å²) in [7, 11) is 0.